The van der Waals surface area contributed by atoms with Gasteiger partial charge in [-0.1, -0.05) is 12.1 Å². The Morgan fingerprint density at radius 1 is 1.27 bits per heavy atom. The summed E-state index contributed by atoms with van der Waals surface area (Å²) in [7, 11) is -4.33. The van der Waals surface area contributed by atoms with Crippen molar-refractivity contribution in [2.75, 3.05) is 11.9 Å². The summed E-state index contributed by atoms with van der Waals surface area (Å²) in [5, 5.41) is 14.3. The van der Waals surface area contributed by atoms with E-state index in [0.717, 1.165) is 12.8 Å². The number of nitrogens with one attached hydrogen (secondary N) is 1. The van der Waals surface area contributed by atoms with Crippen molar-refractivity contribution in [1.82, 2.24) is 4.57 Å². The number of para-hydroxylation sites is 1. The normalized spacial score (nSPS) is 19.5. The zero-order valence-corrected chi connectivity index (χ0v) is 18.3. The van der Waals surface area contributed by atoms with Crippen LogP contribution in [0.25, 0.3) is 10.9 Å². The van der Waals surface area contributed by atoms with Gasteiger partial charge in [-0.15, -0.1) is 0 Å². The molecule has 2 aliphatic rings. The number of anilines is 1. The number of amides is 1. The van der Waals surface area contributed by atoms with Crippen LogP contribution < -0.4 is 26.7 Å². The summed E-state index contributed by atoms with van der Waals surface area (Å²) < 4.78 is 23.8. The first-order chi connectivity index (χ1) is 15.7. The molecule has 1 amide bonds. The molecule has 1 unspecified atom stereocenters. The number of pyridine rings is 1. The number of benzene rings is 2. The van der Waals surface area contributed by atoms with Crippen molar-refractivity contribution >= 4 is 41.2 Å². The highest BCUT2D eigenvalue weighted by molar-refractivity contribution is 7.65. The van der Waals surface area contributed by atoms with Crippen molar-refractivity contribution in [3.8, 4) is 11.5 Å². The zero-order valence-electron chi connectivity index (χ0n) is 17.4. The average Bonchev–Trinajstić information content (AvgIpc) is 3.59. The van der Waals surface area contributed by atoms with Gasteiger partial charge in [0, 0.05) is 11.9 Å². The number of aromatic nitrogens is 1. The van der Waals surface area contributed by atoms with Crippen molar-refractivity contribution in [2.45, 2.75) is 19.4 Å². The molecular weight excluding hydrogens is 447 g/mol. The monoisotopic (exact) mass is 468 g/mol. The number of fused-ring (bicyclic) bond motifs is 2. The van der Waals surface area contributed by atoms with Gasteiger partial charge in [-0.25, -0.2) is 0 Å². The Morgan fingerprint density at radius 3 is 2.76 bits per heavy atom. The summed E-state index contributed by atoms with van der Waals surface area (Å²) in [4.78, 5) is 35.1. The van der Waals surface area contributed by atoms with E-state index in [9.17, 15) is 24.2 Å². The maximum atomic E-state index is 13.4. The molecule has 11 heteroatoms. The van der Waals surface area contributed by atoms with E-state index in [2.05, 4.69) is 10.1 Å². The van der Waals surface area contributed by atoms with E-state index < -0.39 is 19.0 Å². The lowest BCUT2D eigenvalue weighted by Crippen LogP contribution is -2.33. The Balaban J connectivity index is 1.63. The maximum Gasteiger partial charge on any atom is 0.346 e. The summed E-state index contributed by atoms with van der Waals surface area (Å²) in [6.45, 7) is 0.107. The fourth-order valence-electron chi connectivity index (χ4n) is 3.90. The van der Waals surface area contributed by atoms with Crippen LogP contribution in [-0.2, 0) is 15.9 Å². The van der Waals surface area contributed by atoms with Crippen LogP contribution in [-0.4, -0.2) is 32.9 Å². The molecule has 1 saturated carbocycles. The Bertz CT molecular complexity index is 1440. The summed E-state index contributed by atoms with van der Waals surface area (Å²) in [6, 6.07) is 11.2. The lowest BCUT2D eigenvalue weighted by Gasteiger charge is -2.23. The third kappa shape index (κ3) is 3.88. The number of rotatable bonds is 6. The van der Waals surface area contributed by atoms with Crippen LogP contribution in [0.15, 0.2) is 52.0 Å². The fourth-order valence-corrected chi connectivity index (χ4v) is 5.17. The molecule has 5 rings (SSSR count). The van der Waals surface area contributed by atoms with E-state index in [-0.39, 0.29) is 40.5 Å². The molecule has 0 saturated heterocycles. The molecule has 1 fully saturated rings. The molecule has 3 aromatic rings. The van der Waals surface area contributed by atoms with Gasteiger partial charge in [-0.05, 0) is 49.1 Å². The molecule has 5 N–H and O–H groups in total. The second kappa shape index (κ2) is 7.75. The standard InChI is InChI=1S/C22H21N4O6P/c23-18(27)11-32-13-7-8-15-17(9-13)33(30,31)25-21(24-15)19-20(28)14-3-1-2-4-16(14)26(22(19)29)10-12-5-6-12/h1-4,7-9,12,28H,5-6,10-11H2,(H2,23,27)(H2,24,25,30,31). The summed E-state index contributed by atoms with van der Waals surface area (Å²) in [5.74, 6) is -0.626. The first-order valence-corrected chi connectivity index (χ1v) is 12.0. The topological polar surface area (TPSA) is 156 Å². The Morgan fingerprint density at radius 2 is 2.03 bits per heavy atom. The molecule has 2 aromatic carbocycles. The number of ether oxygens (including phenoxy) is 1. The van der Waals surface area contributed by atoms with E-state index in [0.29, 0.717) is 23.4 Å². The minimum atomic E-state index is -4.33. The Kier molecular flexibility index (Phi) is 4.99. The quantitative estimate of drug-likeness (QED) is 0.401. The van der Waals surface area contributed by atoms with Crippen molar-refractivity contribution in [3.05, 3.63) is 58.4 Å². The molecule has 0 bridgehead atoms. The van der Waals surface area contributed by atoms with Gasteiger partial charge in [0.2, 0.25) is 0 Å². The van der Waals surface area contributed by atoms with Gasteiger partial charge < -0.3 is 30.4 Å². The average molecular weight is 468 g/mol. The molecule has 2 heterocycles. The minimum absolute atomic E-state index is 0.0493. The SMILES string of the molecule is NC(=O)COc1ccc2c(c1)P(=O)(O)N=C(c1c(O)c3ccccc3n(CC3CC3)c1=O)N2. The van der Waals surface area contributed by atoms with Gasteiger partial charge in [0.05, 0.1) is 16.5 Å². The van der Waals surface area contributed by atoms with Crippen molar-refractivity contribution < 1.29 is 24.1 Å². The number of nitrogens with zero attached hydrogens (tertiary/aromatic N) is 2. The smallest absolute Gasteiger partial charge is 0.346 e. The van der Waals surface area contributed by atoms with Crippen LogP contribution in [0.2, 0.25) is 0 Å². The van der Waals surface area contributed by atoms with Crippen LogP contribution in [0.4, 0.5) is 5.69 Å². The molecule has 1 aromatic heterocycles. The third-order valence-electron chi connectivity index (χ3n) is 5.67. The first-order valence-electron chi connectivity index (χ1n) is 10.4. The highest BCUT2D eigenvalue weighted by Gasteiger charge is 2.34. The Hall–Kier alpha value is -3.62. The number of nitrogens with two attached hydrogens (primary N) is 1. The van der Waals surface area contributed by atoms with Crippen molar-refractivity contribution in [3.63, 3.8) is 0 Å². The van der Waals surface area contributed by atoms with Crippen LogP contribution in [0.3, 0.4) is 0 Å². The minimum Gasteiger partial charge on any atom is -0.506 e. The van der Waals surface area contributed by atoms with Gasteiger partial charge in [-0.2, -0.15) is 4.76 Å². The second-order valence-electron chi connectivity index (χ2n) is 8.15. The highest BCUT2D eigenvalue weighted by Crippen LogP contribution is 2.48. The molecule has 1 atom stereocenters. The summed E-state index contributed by atoms with van der Waals surface area (Å²) >= 11 is 0. The van der Waals surface area contributed by atoms with E-state index in [1.54, 1.807) is 28.8 Å². The lowest BCUT2D eigenvalue weighted by molar-refractivity contribution is -0.119. The van der Waals surface area contributed by atoms with E-state index in [1.807, 2.05) is 0 Å². The molecule has 10 nitrogen and oxygen atoms in total. The molecule has 33 heavy (non-hydrogen) atoms. The van der Waals surface area contributed by atoms with Gasteiger partial charge in [-0.3, -0.25) is 14.2 Å². The molecule has 1 aliphatic heterocycles. The largest absolute Gasteiger partial charge is 0.506 e. The lowest BCUT2D eigenvalue weighted by atomic mass is 10.1. The molecule has 1 aliphatic carbocycles. The van der Waals surface area contributed by atoms with E-state index in [4.69, 9.17) is 10.5 Å². The second-order valence-corrected chi connectivity index (χ2v) is 9.92. The number of carbonyl (C=O) groups excluding carboxylic acids is 1. The van der Waals surface area contributed by atoms with Gasteiger partial charge in [0.1, 0.15) is 17.1 Å². The molecule has 170 valence electrons. The van der Waals surface area contributed by atoms with Gasteiger partial charge in [0.25, 0.3) is 11.5 Å². The molecule has 0 radical (unpaired) electrons. The zero-order chi connectivity index (χ0) is 23.3. The maximum absolute atomic E-state index is 13.4. The van der Waals surface area contributed by atoms with Crippen molar-refractivity contribution in [2.24, 2.45) is 16.4 Å². The van der Waals surface area contributed by atoms with Crippen LogP contribution in [0, 0.1) is 5.92 Å². The predicted octanol–water partition coefficient (Wildman–Crippen LogP) is 1.66. The van der Waals surface area contributed by atoms with Crippen molar-refractivity contribution in [1.29, 1.82) is 0 Å². The van der Waals surface area contributed by atoms with Crippen LogP contribution >= 0.6 is 7.52 Å². The van der Waals surface area contributed by atoms with Crippen LogP contribution in [0.5, 0.6) is 11.5 Å². The number of amidine groups is 1. The predicted molar refractivity (Wildman–Crippen MR) is 123 cm³/mol. The van der Waals surface area contributed by atoms with Gasteiger partial charge in [0.15, 0.2) is 12.4 Å². The number of hydrogen-bond donors (Lipinski definition) is 4. The Labute approximate surface area is 187 Å². The van der Waals surface area contributed by atoms with Gasteiger partial charge >= 0.3 is 7.52 Å². The first kappa shape index (κ1) is 21.2. The van der Waals surface area contributed by atoms with E-state index in [1.165, 1.54) is 18.2 Å². The summed E-state index contributed by atoms with van der Waals surface area (Å²) in [5.41, 5.74) is 5.24. The highest BCUT2D eigenvalue weighted by atomic mass is 31.2. The van der Waals surface area contributed by atoms with E-state index >= 15 is 0 Å². The number of carbonyl (C=O) groups is 1. The number of aromatic hydroxyl groups is 1. The van der Waals surface area contributed by atoms with Crippen LogP contribution in [0.1, 0.15) is 18.4 Å². The number of hydrogen-bond acceptors (Lipinski definition) is 6. The number of primary amides is 1. The fraction of sp³-hybridized carbons (Fsp3) is 0.227. The summed E-state index contributed by atoms with van der Waals surface area (Å²) in [6.07, 6.45) is 2.05. The third-order valence-corrected chi connectivity index (χ3v) is 7.14. The molecular formula is C22H21N4O6P. The molecule has 0 spiro atoms.